The maximum atomic E-state index is 9.51. The summed E-state index contributed by atoms with van der Waals surface area (Å²) in [6, 6.07) is 0. The second-order valence-electron chi connectivity index (χ2n) is 3.37. The minimum atomic E-state index is -0.248. The van der Waals surface area contributed by atoms with Crippen molar-refractivity contribution in [1.82, 2.24) is 0 Å². The van der Waals surface area contributed by atoms with Gasteiger partial charge in [-0.25, -0.2) is 0 Å². The molecule has 0 saturated heterocycles. The minimum Gasteiger partial charge on any atom is -0.396 e. The van der Waals surface area contributed by atoms with Crippen LogP contribution in [0, 0.1) is 11.8 Å². The lowest BCUT2D eigenvalue weighted by atomic mass is 9.89. The van der Waals surface area contributed by atoms with Crippen LogP contribution in [0.2, 0.25) is 0 Å². The average molecular weight is 160 g/mol. The molecule has 0 fully saturated rings. The Bertz CT molecular complexity index is 93.6. The Kier molecular flexibility index (Phi) is 5.51. The van der Waals surface area contributed by atoms with E-state index < -0.39 is 0 Å². The standard InChI is InChI=1S/C9H20O2/c1-4-5-9(11)8(3)7(2)6-10/h7-11H,4-6H2,1-3H3. The molecule has 2 heteroatoms. The van der Waals surface area contributed by atoms with Gasteiger partial charge in [-0.15, -0.1) is 0 Å². The Hall–Kier alpha value is -0.0800. The predicted octanol–water partition coefficient (Wildman–Crippen LogP) is 1.41. The van der Waals surface area contributed by atoms with Gasteiger partial charge in [-0.05, 0) is 18.3 Å². The Labute approximate surface area is 69.2 Å². The van der Waals surface area contributed by atoms with Crippen molar-refractivity contribution < 1.29 is 10.2 Å². The quantitative estimate of drug-likeness (QED) is 0.638. The van der Waals surface area contributed by atoms with Crippen LogP contribution in [-0.2, 0) is 0 Å². The molecule has 0 aliphatic carbocycles. The zero-order valence-electron chi connectivity index (χ0n) is 7.75. The van der Waals surface area contributed by atoms with E-state index in [1.165, 1.54) is 0 Å². The Balaban J connectivity index is 3.70. The highest BCUT2D eigenvalue weighted by Gasteiger charge is 2.18. The maximum Gasteiger partial charge on any atom is 0.0569 e. The molecule has 2 N–H and O–H groups in total. The third-order valence-electron chi connectivity index (χ3n) is 2.38. The monoisotopic (exact) mass is 160 g/mol. The SMILES string of the molecule is CCCC(O)C(C)C(C)CO. The zero-order valence-corrected chi connectivity index (χ0v) is 7.75. The molecule has 2 nitrogen and oxygen atoms in total. The molecule has 0 aliphatic heterocycles. The van der Waals surface area contributed by atoms with E-state index in [2.05, 4.69) is 6.92 Å². The molecule has 0 heterocycles. The molecule has 3 atom stereocenters. The molecule has 0 aromatic rings. The summed E-state index contributed by atoms with van der Waals surface area (Å²) in [5, 5.41) is 18.3. The number of hydrogen-bond acceptors (Lipinski definition) is 2. The molecule has 0 aliphatic rings. The van der Waals surface area contributed by atoms with E-state index in [0.29, 0.717) is 0 Å². The van der Waals surface area contributed by atoms with Gasteiger partial charge in [0.2, 0.25) is 0 Å². The van der Waals surface area contributed by atoms with Gasteiger partial charge >= 0.3 is 0 Å². The average Bonchev–Trinajstić information content (AvgIpc) is 2.02. The summed E-state index contributed by atoms with van der Waals surface area (Å²) in [5.74, 6) is 0.413. The van der Waals surface area contributed by atoms with Crippen LogP contribution < -0.4 is 0 Å². The molecule has 0 spiro atoms. The molecule has 0 aromatic heterocycles. The summed E-state index contributed by atoms with van der Waals surface area (Å²) < 4.78 is 0. The summed E-state index contributed by atoms with van der Waals surface area (Å²) >= 11 is 0. The number of aliphatic hydroxyl groups excluding tert-OH is 2. The predicted molar refractivity (Wildman–Crippen MR) is 46.3 cm³/mol. The van der Waals surface area contributed by atoms with Gasteiger partial charge in [0.15, 0.2) is 0 Å². The van der Waals surface area contributed by atoms with Gasteiger partial charge in [0, 0.05) is 6.61 Å². The molecular formula is C9H20O2. The van der Waals surface area contributed by atoms with Crippen LogP contribution in [0.15, 0.2) is 0 Å². The highest BCUT2D eigenvalue weighted by molar-refractivity contribution is 4.68. The van der Waals surface area contributed by atoms with Crippen molar-refractivity contribution in [3.05, 3.63) is 0 Å². The van der Waals surface area contributed by atoms with Crippen molar-refractivity contribution in [3.63, 3.8) is 0 Å². The molecular weight excluding hydrogens is 140 g/mol. The van der Waals surface area contributed by atoms with Gasteiger partial charge in [-0.3, -0.25) is 0 Å². The first-order chi connectivity index (χ1) is 5.13. The lowest BCUT2D eigenvalue weighted by molar-refractivity contribution is 0.0581. The summed E-state index contributed by atoms with van der Waals surface area (Å²) in [5.41, 5.74) is 0. The van der Waals surface area contributed by atoms with Gasteiger partial charge < -0.3 is 10.2 Å². The van der Waals surface area contributed by atoms with Crippen LogP contribution in [0.3, 0.4) is 0 Å². The molecule has 0 rings (SSSR count). The van der Waals surface area contributed by atoms with E-state index in [9.17, 15) is 5.11 Å². The van der Waals surface area contributed by atoms with Crippen molar-refractivity contribution in [2.75, 3.05) is 6.61 Å². The first-order valence-electron chi connectivity index (χ1n) is 4.42. The Morgan fingerprint density at radius 2 is 1.82 bits per heavy atom. The van der Waals surface area contributed by atoms with E-state index >= 15 is 0 Å². The molecule has 0 bridgehead atoms. The van der Waals surface area contributed by atoms with Gasteiger partial charge in [0.25, 0.3) is 0 Å². The van der Waals surface area contributed by atoms with Crippen LogP contribution in [0.5, 0.6) is 0 Å². The fourth-order valence-corrected chi connectivity index (χ4v) is 1.10. The van der Waals surface area contributed by atoms with Crippen molar-refractivity contribution in [3.8, 4) is 0 Å². The fourth-order valence-electron chi connectivity index (χ4n) is 1.10. The number of aliphatic hydroxyl groups is 2. The van der Waals surface area contributed by atoms with E-state index in [1.54, 1.807) is 0 Å². The molecule has 0 saturated carbocycles. The van der Waals surface area contributed by atoms with Crippen LogP contribution in [0.4, 0.5) is 0 Å². The Morgan fingerprint density at radius 1 is 1.27 bits per heavy atom. The lowest BCUT2D eigenvalue weighted by Gasteiger charge is -2.22. The Morgan fingerprint density at radius 3 is 2.18 bits per heavy atom. The van der Waals surface area contributed by atoms with Crippen molar-refractivity contribution in [2.45, 2.75) is 39.7 Å². The van der Waals surface area contributed by atoms with Gasteiger partial charge in [0.1, 0.15) is 0 Å². The van der Waals surface area contributed by atoms with Gasteiger partial charge in [-0.2, -0.15) is 0 Å². The maximum absolute atomic E-state index is 9.51. The second-order valence-corrected chi connectivity index (χ2v) is 3.37. The number of hydrogen-bond donors (Lipinski definition) is 2. The van der Waals surface area contributed by atoms with E-state index in [1.807, 2.05) is 13.8 Å². The van der Waals surface area contributed by atoms with Gasteiger partial charge in [-0.1, -0.05) is 27.2 Å². The van der Waals surface area contributed by atoms with E-state index in [-0.39, 0.29) is 24.5 Å². The molecule has 0 radical (unpaired) electrons. The summed E-state index contributed by atoms with van der Waals surface area (Å²) in [7, 11) is 0. The van der Waals surface area contributed by atoms with Crippen molar-refractivity contribution in [2.24, 2.45) is 11.8 Å². The summed E-state index contributed by atoms with van der Waals surface area (Å²) in [6.45, 7) is 6.17. The normalized spacial score (nSPS) is 19.4. The van der Waals surface area contributed by atoms with Gasteiger partial charge in [0.05, 0.1) is 6.10 Å². The molecule has 0 amide bonds. The zero-order chi connectivity index (χ0) is 8.85. The molecule has 68 valence electrons. The summed E-state index contributed by atoms with van der Waals surface area (Å²) in [6.07, 6.45) is 1.59. The van der Waals surface area contributed by atoms with E-state index in [4.69, 9.17) is 5.11 Å². The third kappa shape index (κ3) is 3.73. The highest BCUT2D eigenvalue weighted by Crippen LogP contribution is 2.17. The fraction of sp³-hybridized carbons (Fsp3) is 1.00. The van der Waals surface area contributed by atoms with Crippen molar-refractivity contribution >= 4 is 0 Å². The minimum absolute atomic E-state index is 0.169. The largest absolute Gasteiger partial charge is 0.396 e. The van der Waals surface area contributed by atoms with Crippen molar-refractivity contribution in [1.29, 1.82) is 0 Å². The molecule has 3 unspecified atom stereocenters. The second kappa shape index (κ2) is 5.56. The lowest BCUT2D eigenvalue weighted by Crippen LogP contribution is -2.25. The smallest absolute Gasteiger partial charge is 0.0569 e. The first kappa shape index (κ1) is 10.9. The number of rotatable bonds is 5. The summed E-state index contributed by atoms with van der Waals surface area (Å²) in [4.78, 5) is 0. The third-order valence-corrected chi connectivity index (χ3v) is 2.38. The van der Waals surface area contributed by atoms with Crippen LogP contribution in [0.25, 0.3) is 0 Å². The van der Waals surface area contributed by atoms with E-state index in [0.717, 1.165) is 12.8 Å². The molecule has 11 heavy (non-hydrogen) atoms. The van der Waals surface area contributed by atoms with Crippen LogP contribution in [-0.4, -0.2) is 22.9 Å². The van der Waals surface area contributed by atoms with Crippen LogP contribution >= 0.6 is 0 Å². The molecule has 0 aromatic carbocycles. The first-order valence-corrected chi connectivity index (χ1v) is 4.42. The van der Waals surface area contributed by atoms with Crippen LogP contribution in [0.1, 0.15) is 33.6 Å². The highest BCUT2D eigenvalue weighted by atomic mass is 16.3. The topological polar surface area (TPSA) is 40.5 Å².